The molecule has 22 heavy (non-hydrogen) atoms. The zero-order chi connectivity index (χ0) is 15.9. The highest BCUT2D eigenvalue weighted by molar-refractivity contribution is 5.91. The van der Waals surface area contributed by atoms with Crippen molar-refractivity contribution < 1.29 is 24.1 Å². The topological polar surface area (TPSA) is 89.1 Å². The van der Waals surface area contributed by atoms with Crippen molar-refractivity contribution in [2.45, 2.75) is 26.2 Å². The minimum Gasteiger partial charge on any atom is -0.503 e. The summed E-state index contributed by atoms with van der Waals surface area (Å²) < 4.78 is 15.9. The molecule has 6 heteroatoms. The first-order chi connectivity index (χ1) is 10.7. The van der Waals surface area contributed by atoms with E-state index < -0.39 is 5.63 Å². The first kappa shape index (κ1) is 16.2. The van der Waals surface area contributed by atoms with Crippen LogP contribution in [0.3, 0.4) is 0 Å². The maximum atomic E-state index is 11.9. The summed E-state index contributed by atoms with van der Waals surface area (Å²) in [7, 11) is 0. The highest BCUT2D eigenvalue weighted by atomic mass is 16.5. The smallest absolute Gasteiger partial charge is 0.383 e. The molecule has 6 nitrogen and oxygen atoms in total. The van der Waals surface area contributed by atoms with E-state index in [1.807, 2.05) is 0 Å². The predicted molar refractivity (Wildman–Crippen MR) is 81.7 cm³/mol. The number of hydrogen-bond acceptors (Lipinski definition) is 6. The van der Waals surface area contributed by atoms with Crippen molar-refractivity contribution in [2.24, 2.45) is 0 Å². The lowest BCUT2D eigenvalue weighted by atomic mass is 10.2. The lowest BCUT2D eigenvalue weighted by Gasteiger charge is -2.11. The standard InChI is InChI=1S/C16H20O6/c1-2-3-4-9-21-15-14(18)13-11(20-10-8-17)6-5-7-12(13)22-16(15)19/h5-7,17-18H,2-4,8-10H2,1H3. The molecule has 2 N–H and O–H groups in total. The van der Waals surface area contributed by atoms with Crippen LogP contribution in [0.2, 0.25) is 0 Å². The van der Waals surface area contributed by atoms with Gasteiger partial charge in [-0.15, -0.1) is 0 Å². The van der Waals surface area contributed by atoms with E-state index in [0.29, 0.717) is 12.4 Å². The van der Waals surface area contributed by atoms with Crippen molar-refractivity contribution in [3.05, 3.63) is 28.6 Å². The third-order valence-corrected chi connectivity index (χ3v) is 3.17. The van der Waals surface area contributed by atoms with E-state index in [-0.39, 0.29) is 35.7 Å². The highest BCUT2D eigenvalue weighted by Gasteiger charge is 2.18. The Morgan fingerprint density at radius 1 is 1.18 bits per heavy atom. The molecule has 0 fully saturated rings. The molecule has 0 amide bonds. The number of fused-ring (bicyclic) bond motifs is 1. The van der Waals surface area contributed by atoms with Crippen LogP contribution in [0.5, 0.6) is 17.2 Å². The van der Waals surface area contributed by atoms with Crippen molar-refractivity contribution in [3.63, 3.8) is 0 Å². The van der Waals surface area contributed by atoms with Crippen LogP contribution in [-0.2, 0) is 0 Å². The van der Waals surface area contributed by atoms with Crippen molar-refractivity contribution in [1.82, 2.24) is 0 Å². The van der Waals surface area contributed by atoms with Crippen LogP contribution < -0.4 is 15.1 Å². The number of unbranched alkanes of at least 4 members (excludes halogenated alkanes) is 2. The largest absolute Gasteiger partial charge is 0.503 e. The number of hydrogen-bond donors (Lipinski definition) is 2. The Bertz CT molecular complexity index is 676. The average molecular weight is 308 g/mol. The molecule has 0 spiro atoms. The summed E-state index contributed by atoms with van der Waals surface area (Å²) in [6.07, 6.45) is 2.79. The highest BCUT2D eigenvalue weighted by Crippen LogP contribution is 2.37. The van der Waals surface area contributed by atoms with E-state index in [1.54, 1.807) is 18.2 Å². The van der Waals surface area contributed by atoms with Crippen molar-refractivity contribution in [3.8, 4) is 17.2 Å². The maximum absolute atomic E-state index is 11.9. The normalized spacial score (nSPS) is 10.8. The van der Waals surface area contributed by atoms with Gasteiger partial charge in [0, 0.05) is 0 Å². The summed E-state index contributed by atoms with van der Waals surface area (Å²) in [4.78, 5) is 11.9. The van der Waals surface area contributed by atoms with Gasteiger partial charge < -0.3 is 24.1 Å². The van der Waals surface area contributed by atoms with Crippen LogP contribution in [-0.4, -0.2) is 30.0 Å². The molecule has 0 aliphatic carbocycles. The van der Waals surface area contributed by atoms with Crippen LogP contribution in [0.15, 0.2) is 27.4 Å². The Hall–Kier alpha value is -2.21. The molecule has 2 aromatic rings. The Balaban J connectivity index is 2.38. The Morgan fingerprint density at radius 3 is 2.73 bits per heavy atom. The van der Waals surface area contributed by atoms with Crippen LogP contribution in [0, 0.1) is 0 Å². The molecule has 1 aromatic heterocycles. The third kappa shape index (κ3) is 3.51. The van der Waals surface area contributed by atoms with Gasteiger partial charge in [0.1, 0.15) is 23.3 Å². The second-order valence-corrected chi connectivity index (χ2v) is 4.82. The zero-order valence-corrected chi connectivity index (χ0v) is 12.5. The quantitative estimate of drug-likeness (QED) is 0.575. The van der Waals surface area contributed by atoms with Gasteiger partial charge in [0.25, 0.3) is 0 Å². The number of benzene rings is 1. The number of aliphatic hydroxyl groups excluding tert-OH is 1. The summed E-state index contributed by atoms with van der Waals surface area (Å²) in [5, 5.41) is 19.5. The molecule has 0 atom stereocenters. The van der Waals surface area contributed by atoms with Gasteiger partial charge in [-0.25, -0.2) is 4.79 Å². The molecular formula is C16H20O6. The molecule has 0 bridgehead atoms. The van der Waals surface area contributed by atoms with Crippen LogP contribution in [0.1, 0.15) is 26.2 Å². The molecule has 0 saturated heterocycles. The van der Waals surface area contributed by atoms with Gasteiger partial charge >= 0.3 is 5.63 Å². The Morgan fingerprint density at radius 2 is 2.00 bits per heavy atom. The first-order valence-electron chi connectivity index (χ1n) is 7.34. The summed E-state index contributed by atoms with van der Waals surface area (Å²) in [6, 6.07) is 4.82. The molecule has 1 heterocycles. The van der Waals surface area contributed by atoms with E-state index in [1.165, 1.54) is 0 Å². The van der Waals surface area contributed by atoms with Crippen LogP contribution in [0.4, 0.5) is 0 Å². The van der Waals surface area contributed by atoms with Gasteiger partial charge in [-0.3, -0.25) is 0 Å². The van der Waals surface area contributed by atoms with Gasteiger partial charge in [-0.2, -0.15) is 0 Å². The van der Waals surface area contributed by atoms with E-state index in [2.05, 4.69) is 6.92 Å². The molecular weight excluding hydrogens is 288 g/mol. The average Bonchev–Trinajstić information content (AvgIpc) is 2.51. The molecule has 0 aliphatic heterocycles. The van der Waals surface area contributed by atoms with Gasteiger partial charge in [-0.05, 0) is 18.6 Å². The molecule has 0 unspecified atom stereocenters. The summed E-state index contributed by atoms with van der Waals surface area (Å²) in [5.74, 6) is -0.175. The maximum Gasteiger partial charge on any atom is 0.383 e. The molecule has 120 valence electrons. The van der Waals surface area contributed by atoms with Gasteiger partial charge in [-0.1, -0.05) is 25.8 Å². The minimum absolute atomic E-state index is 0.0738. The molecule has 1 aromatic carbocycles. The lowest BCUT2D eigenvalue weighted by Crippen LogP contribution is -2.09. The van der Waals surface area contributed by atoms with Crippen molar-refractivity contribution >= 4 is 11.0 Å². The summed E-state index contributed by atoms with van der Waals surface area (Å²) in [6.45, 7) is 2.31. The molecule has 0 aliphatic rings. The predicted octanol–water partition coefficient (Wildman–Crippen LogP) is 2.44. The van der Waals surface area contributed by atoms with Crippen molar-refractivity contribution in [1.29, 1.82) is 0 Å². The van der Waals surface area contributed by atoms with Gasteiger partial charge in [0.05, 0.1) is 13.2 Å². The van der Waals surface area contributed by atoms with E-state index in [0.717, 1.165) is 19.3 Å². The van der Waals surface area contributed by atoms with Crippen LogP contribution in [0.25, 0.3) is 11.0 Å². The number of ether oxygens (including phenoxy) is 2. The molecule has 0 radical (unpaired) electrons. The fourth-order valence-corrected chi connectivity index (χ4v) is 2.12. The SMILES string of the molecule is CCCCCOc1c(O)c2c(OCCO)cccc2oc1=O. The third-order valence-electron chi connectivity index (χ3n) is 3.17. The van der Waals surface area contributed by atoms with E-state index in [4.69, 9.17) is 19.0 Å². The fraction of sp³-hybridized carbons (Fsp3) is 0.438. The van der Waals surface area contributed by atoms with Gasteiger partial charge in [0.15, 0.2) is 5.75 Å². The monoisotopic (exact) mass is 308 g/mol. The minimum atomic E-state index is -0.721. The summed E-state index contributed by atoms with van der Waals surface area (Å²) in [5.41, 5.74) is -0.514. The van der Waals surface area contributed by atoms with Crippen LogP contribution >= 0.6 is 0 Å². The summed E-state index contributed by atoms with van der Waals surface area (Å²) >= 11 is 0. The van der Waals surface area contributed by atoms with Gasteiger partial charge in [0.2, 0.25) is 5.75 Å². The Labute approximate surface area is 127 Å². The van der Waals surface area contributed by atoms with E-state index >= 15 is 0 Å². The number of aromatic hydroxyl groups is 1. The zero-order valence-electron chi connectivity index (χ0n) is 12.5. The fourth-order valence-electron chi connectivity index (χ4n) is 2.12. The first-order valence-corrected chi connectivity index (χ1v) is 7.34. The second kappa shape index (κ2) is 7.70. The second-order valence-electron chi connectivity index (χ2n) is 4.82. The molecule has 0 saturated carbocycles. The Kier molecular flexibility index (Phi) is 5.66. The number of rotatable bonds is 8. The van der Waals surface area contributed by atoms with Crippen molar-refractivity contribution in [2.75, 3.05) is 19.8 Å². The number of aliphatic hydroxyl groups is 1. The van der Waals surface area contributed by atoms with E-state index in [9.17, 15) is 9.90 Å². The molecule has 2 rings (SSSR count). The lowest BCUT2D eigenvalue weighted by molar-refractivity contribution is 0.202.